The average molecular weight is 197 g/mol. The van der Waals surface area contributed by atoms with Gasteiger partial charge in [-0.25, -0.2) is 0 Å². The smallest absolute Gasteiger partial charge is 0.107 e. The van der Waals surface area contributed by atoms with Crippen molar-refractivity contribution in [2.24, 2.45) is 0 Å². The Morgan fingerprint density at radius 2 is 1.71 bits per heavy atom. The van der Waals surface area contributed by atoms with E-state index in [0.717, 1.165) is 32.7 Å². The Kier molecular flexibility index (Phi) is 2.08. The van der Waals surface area contributed by atoms with Crippen molar-refractivity contribution in [2.45, 2.75) is 43.3 Å². The van der Waals surface area contributed by atoms with Gasteiger partial charge in [-0.05, 0) is 12.8 Å². The van der Waals surface area contributed by atoms with Crippen LogP contribution >= 0.6 is 0 Å². The Bertz CT molecular complexity index is 195. The molecule has 2 saturated heterocycles. The fourth-order valence-electron chi connectivity index (χ4n) is 3.16. The number of morpholine rings is 1. The Morgan fingerprint density at radius 1 is 0.929 bits per heavy atom. The van der Waals surface area contributed by atoms with Crippen molar-refractivity contribution < 1.29 is 9.47 Å². The van der Waals surface area contributed by atoms with Gasteiger partial charge >= 0.3 is 0 Å². The van der Waals surface area contributed by atoms with Crippen molar-refractivity contribution >= 4 is 0 Å². The molecule has 1 N–H and O–H groups in total. The summed E-state index contributed by atoms with van der Waals surface area (Å²) in [7, 11) is 0. The lowest BCUT2D eigenvalue weighted by Crippen LogP contribution is -2.59. The molecule has 0 radical (unpaired) electrons. The van der Waals surface area contributed by atoms with Gasteiger partial charge in [0.25, 0.3) is 0 Å². The first-order chi connectivity index (χ1) is 6.83. The molecular formula is C11H19NO2. The summed E-state index contributed by atoms with van der Waals surface area (Å²) in [5.41, 5.74) is 0.175. The monoisotopic (exact) mass is 197 g/mol. The van der Waals surface area contributed by atoms with Crippen molar-refractivity contribution in [1.29, 1.82) is 0 Å². The molecule has 3 rings (SSSR count). The Labute approximate surface area is 85.1 Å². The predicted octanol–water partition coefficient (Wildman–Crippen LogP) is 1.08. The van der Waals surface area contributed by atoms with Crippen molar-refractivity contribution in [3.8, 4) is 0 Å². The molecule has 0 aromatic rings. The van der Waals surface area contributed by atoms with E-state index in [1.54, 1.807) is 0 Å². The van der Waals surface area contributed by atoms with Crippen LogP contribution in [-0.2, 0) is 9.47 Å². The normalized spacial score (nSPS) is 41.1. The number of rotatable bonds is 0. The lowest BCUT2D eigenvalue weighted by atomic mass is 9.93. The van der Waals surface area contributed by atoms with Crippen LogP contribution in [0.1, 0.15) is 32.1 Å². The van der Waals surface area contributed by atoms with Crippen LogP contribution in [0.5, 0.6) is 0 Å². The van der Waals surface area contributed by atoms with Crippen LogP contribution in [0.3, 0.4) is 0 Å². The lowest BCUT2D eigenvalue weighted by molar-refractivity contribution is -0.173. The van der Waals surface area contributed by atoms with Gasteiger partial charge in [-0.2, -0.15) is 0 Å². The van der Waals surface area contributed by atoms with E-state index >= 15 is 0 Å². The van der Waals surface area contributed by atoms with Crippen LogP contribution in [0.2, 0.25) is 0 Å². The zero-order valence-corrected chi connectivity index (χ0v) is 8.68. The third kappa shape index (κ3) is 1.38. The zero-order valence-electron chi connectivity index (χ0n) is 8.68. The van der Waals surface area contributed by atoms with Gasteiger partial charge in [-0.15, -0.1) is 0 Å². The van der Waals surface area contributed by atoms with E-state index in [4.69, 9.17) is 9.47 Å². The fraction of sp³-hybridized carbons (Fsp3) is 1.00. The minimum atomic E-state index is 0.0165. The molecule has 1 aliphatic carbocycles. The van der Waals surface area contributed by atoms with Crippen LogP contribution < -0.4 is 5.32 Å². The maximum Gasteiger partial charge on any atom is 0.107 e. The van der Waals surface area contributed by atoms with Crippen LogP contribution in [0, 0.1) is 0 Å². The SMILES string of the molecule is C1CCC2(C1)CNCC1(CCOC1)O2. The molecule has 0 bridgehead atoms. The summed E-state index contributed by atoms with van der Waals surface area (Å²) in [5, 5.41) is 3.55. The van der Waals surface area contributed by atoms with Gasteiger partial charge in [0.15, 0.2) is 0 Å². The highest BCUT2D eigenvalue weighted by molar-refractivity contribution is 5.00. The molecule has 0 aromatic heterocycles. The quantitative estimate of drug-likeness (QED) is 0.630. The highest BCUT2D eigenvalue weighted by Gasteiger charge is 2.48. The van der Waals surface area contributed by atoms with Crippen molar-refractivity contribution in [2.75, 3.05) is 26.3 Å². The molecule has 2 spiro atoms. The van der Waals surface area contributed by atoms with E-state index in [1.807, 2.05) is 0 Å². The Balaban J connectivity index is 1.77. The maximum atomic E-state index is 6.40. The molecular weight excluding hydrogens is 178 g/mol. The molecule has 80 valence electrons. The molecule has 0 amide bonds. The van der Waals surface area contributed by atoms with Gasteiger partial charge < -0.3 is 14.8 Å². The molecule has 1 unspecified atom stereocenters. The summed E-state index contributed by atoms with van der Waals surface area (Å²) in [6, 6.07) is 0. The molecule has 2 heterocycles. The van der Waals surface area contributed by atoms with Crippen LogP contribution in [0.25, 0.3) is 0 Å². The first kappa shape index (κ1) is 9.13. The average Bonchev–Trinajstić information content (AvgIpc) is 2.77. The summed E-state index contributed by atoms with van der Waals surface area (Å²) in [6.07, 6.45) is 6.21. The standard InChI is InChI=1S/C11H19NO2/c1-2-4-10(3-1)7-12-8-11(14-10)5-6-13-9-11/h12H,1-9H2. The summed E-state index contributed by atoms with van der Waals surface area (Å²) in [4.78, 5) is 0. The first-order valence-corrected chi connectivity index (χ1v) is 5.81. The molecule has 3 aliphatic rings. The highest BCUT2D eigenvalue weighted by atomic mass is 16.6. The fourth-order valence-corrected chi connectivity index (χ4v) is 3.16. The summed E-state index contributed by atoms with van der Waals surface area (Å²) < 4.78 is 11.9. The molecule has 2 aliphatic heterocycles. The summed E-state index contributed by atoms with van der Waals surface area (Å²) in [6.45, 7) is 3.70. The van der Waals surface area contributed by atoms with E-state index in [9.17, 15) is 0 Å². The summed E-state index contributed by atoms with van der Waals surface area (Å²) in [5.74, 6) is 0. The summed E-state index contributed by atoms with van der Waals surface area (Å²) >= 11 is 0. The number of ether oxygens (including phenoxy) is 2. The Morgan fingerprint density at radius 3 is 2.43 bits per heavy atom. The first-order valence-electron chi connectivity index (χ1n) is 5.81. The lowest BCUT2D eigenvalue weighted by Gasteiger charge is -2.44. The molecule has 3 heteroatoms. The van der Waals surface area contributed by atoms with E-state index in [0.29, 0.717) is 0 Å². The molecule has 1 saturated carbocycles. The minimum absolute atomic E-state index is 0.0165. The van der Waals surface area contributed by atoms with E-state index in [1.165, 1.54) is 25.7 Å². The van der Waals surface area contributed by atoms with Gasteiger partial charge in [-0.3, -0.25) is 0 Å². The number of hydrogen-bond donors (Lipinski definition) is 1. The molecule has 1 atom stereocenters. The predicted molar refractivity (Wildman–Crippen MR) is 53.3 cm³/mol. The van der Waals surface area contributed by atoms with Crippen molar-refractivity contribution in [3.63, 3.8) is 0 Å². The van der Waals surface area contributed by atoms with E-state index < -0.39 is 0 Å². The van der Waals surface area contributed by atoms with Gasteiger partial charge in [0, 0.05) is 26.1 Å². The molecule has 14 heavy (non-hydrogen) atoms. The van der Waals surface area contributed by atoms with Crippen LogP contribution in [-0.4, -0.2) is 37.5 Å². The molecule has 3 fully saturated rings. The number of nitrogens with one attached hydrogen (secondary N) is 1. The second-order valence-corrected chi connectivity index (χ2v) is 5.08. The zero-order chi connectivity index (χ0) is 9.49. The van der Waals surface area contributed by atoms with Gasteiger partial charge in [-0.1, -0.05) is 12.8 Å². The van der Waals surface area contributed by atoms with Crippen LogP contribution in [0.4, 0.5) is 0 Å². The second-order valence-electron chi connectivity index (χ2n) is 5.08. The maximum absolute atomic E-state index is 6.40. The third-order valence-electron chi connectivity index (χ3n) is 3.91. The van der Waals surface area contributed by atoms with Crippen LogP contribution in [0.15, 0.2) is 0 Å². The van der Waals surface area contributed by atoms with Gasteiger partial charge in [0.05, 0.1) is 12.2 Å². The molecule has 0 aromatic carbocycles. The second kappa shape index (κ2) is 3.19. The van der Waals surface area contributed by atoms with E-state index in [2.05, 4.69) is 5.32 Å². The minimum Gasteiger partial charge on any atom is -0.378 e. The highest BCUT2D eigenvalue weighted by Crippen LogP contribution is 2.40. The third-order valence-corrected chi connectivity index (χ3v) is 3.91. The Hall–Kier alpha value is -0.120. The van der Waals surface area contributed by atoms with Crippen molar-refractivity contribution in [3.05, 3.63) is 0 Å². The largest absolute Gasteiger partial charge is 0.378 e. The van der Waals surface area contributed by atoms with Gasteiger partial charge in [0.2, 0.25) is 0 Å². The van der Waals surface area contributed by atoms with Crippen molar-refractivity contribution in [1.82, 2.24) is 5.32 Å². The topological polar surface area (TPSA) is 30.5 Å². The molecule has 3 nitrogen and oxygen atoms in total. The van der Waals surface area contributed by atoms with E-state index in [-0.39, 0.29) is 11.2 Å². The number of hydrogen-bond acceptors (Lipinski definition) is 3. The van der Waals surface area contributed by atoms with Gasteiger partial charge in [0.1, 0.15) is 5.60 Å².